The summed E-state index contributed by atoms with van der Waals surface area (Å²) >= 11 is 12.1. The lowest BCUT2D eigenvalue weighted by Gasteiger charge is -2.36. The molecule has 1 heterocycles. The summed E-state index contributed by atoms with van der Waals surface area (Å²) in [6, 6.07) is 37.2. The van der Waals surface area contributed by atoms with Crippen LogP contribution in [0, 0.1) is 0 Å². The summed E-state index contributed by atoms with van der Waals surface area (Å²) in [5.74, 6) is -0.505. The molecule has 1 fully saturated rings. The Hall–Kier alpha value is -4.78. The minimum absolute atomic E-state index is 0.0368. The molecule has 0 aliphatic carbocycles. The van der Waals surface area contributed by atoms with Crippen molar-refractivity contribution in [1.29, 1.82) is 0 Å². The van der Waals surface area contributed by atoms with E-state index < -0.39 is 11.8 Å². The number of nitrogens with zero attached hydrogens (tertiary/aromatic N) is 2. The molecular formula is C34H23ClN2O3S. The number of benzene rings is 5. The summed E-state index contributed by atoms with van der Waals surface area (Å²) in [5.41, 5.74) is 2.53. The minimum atomic E-state index is -0.511. The third kappa shape index (κ3) is 5.11. The quantitative estimate of drug-likeness (QED) is 0.118. The molecule has 6 rings (SSSR count). The van der Waals surface area contributed by atoms with E-state index in [0.717, 1.165) is 16.3 Å². The first-order valence-electron chi connectivity index (χ1n) is 13.0. The number of ether oxygens (including phenoxy) is 1. The zero-order valence-corrected chi connectivity index (χ0v) is 23.3. The normalized spacial score (nSPS) is 13.6. The highest BCUT2D eigenvalue weighted by molar-refractivity contribution is 7.81. The molecule has 1 aliphatic rings. The van der Waals surface area contributed by atoms with Crippen molar-refractivity contribution >= 4 is 69.0 Å². The number of thiocarbonyl (C=S) groups is 1. The van der Waals surface area contributed by atoms with Crippen molar-refractivity contribution in [3.63, 3.8) is 0 Å². The highest BCUT2D eigenvalue weighted by Crippen LogP contribution is 2.35. The third-order valence-electron chi connectivity index (χ3n) is 6.84. The van der Waals surface area contributed by atoms with Crippen molar-refractivity contribution in [3.8, 4) is 5.75 Å². The molecule has 5 aromatic carbocycles. The molecule has 0 radical (unpaired) electrons. The van der Waals surface area contributed by atoms with Crippen LogP contribution in [0.3, 0.4) is 0 Å². The first-order valence-corrected chi connectivity index (χ1v) is 13.7. The van der Waals surface area contributed by atoms with Gasteiger partial charge in [-0.3, -0.25) is 19.4 Å². The average molecular weight is 575 g/mol. The van der Waals surface area contributed by atoms with Gasteiger partial charge in [0, 0.05) is 16.1 Å². The van der Waals surface area contributed by atoms with Gasteiger partial charge in [-0.2, -0.15) is 0 Å². The van der Waals surface area contributed by atoms with E-state index in [1.807, 2.05) is 97.1 Å². The molecule has 2 amide bonds. The van der Waals surface area contributed by atoms with Crippen LogP contribution in [0.4, 0.5) is 11.4 Å². The van der Waals surface area contributed by atoms with Crippen LogP contribution in [-0.2, 0) is 16.2 Å². The lowest BCUT2D eigenvalue weighted by atomic mass is 9.99. The minimum Gasteiger partial charge on any atom is -0.488 e. The molecule has 1 aliphatic heterocycles. The largest absolute Gasteiger partial charge is 0.488 e. The summed E-state index contributed by atoms with van der Waals surface area (Å²) < 4.78 is 6.26. The summed E-state index contributed by atoms with van der Waals surface area (Å²) in [6.45, 7) is 0.215. The van der Waals surface area contributed by atoms with Crippen LogP contribution in [0.15, 0.2) is 127 Å². The molecule has 7 heteroatoms. The number of carbonyl (C=O) groups is 2. The topological polar surface area (TPSA) is 49.9 Å². The maximum atomic E-state index is 14.1. The van der Waals surface area contributed by atoms with E-state index in [4.69, 9.17) is 28.6 Å². The predicted octanol–water partition coefficient (Wildman–Crippen LogP) is 7.82. The Balaban J connectivity index is 1.51. The zero-order chi connectivity index (χ0) is 28.3. The van der Waals surface area contributed by atoms with Crippen LogP contribution in [-0.4, -0.2) is 16.9 Å². The van der Waals surface area contributed by atoms with Gasteiger partial charge in [0.15, 0.2) is 5.11 Å². The van der Waals surface area contributed by atoms with E-state index >= 15 is 0 Å². The van der Waals surface area contributed by atoms with Gasteiger partial charge in [0.05, 0.1) is 11.4 Å². The molecule has 0 aromatic heterocycles. The molecule has 41 heavy (non-hydrogen) atoms. The van der Waals surface area contributed by atoms with Gasteiger partial charge >= 0.3 is 0 Å². The van der Waals surface area contributed by atoms with Crippen LogP contribution in [0.25, 0.3) is 16.8 Å². The van der Waals surface area contributed by atoms with E-state index in [9.17, 15) is 9.59 Å². The molecule has 1 saturated heterocycles. The van der Waals surface area contributed by atoms with Crippen LogP contribution in [0.5, 0.6) is 5.75 Å². The molecule has 0 N–H and O–H groups in total. The number of amides is 2. The van der Waals surface area contributed by atoms with Crippen molar-refractivity contribution in [2.45, 2.75) is 6.61 Å². The summed E-state index contributed by atoms with van der Waals surface area (Å²) in [6.07, 6.45) is 1.61. The van der Waals surface area contributed by atoms with Crippen molar-refractivity contribution in [1.82, 2.24) is 0 Å². The second kappa shape index (κ2) is 11.4. The van der Waals surface area contributed by atoms with Gasteiger partial charge < -0.3 is 4.74 Å². The van der Waals surface area contributed by atoms with Crippen LogP contribution in [0.1, 0.15) is 11.1 Å². The maximum Gasteiger partial charge on any atom is 0.270 e. The molecular weight excluding hydrogens is 552 g/mol. The molecule has 0 atom stereocenters. The number of para-hydroxylation sites is 2. The van der Waals surface area contributed by atoms with Gasteiger partial charge in [0.25, 0.3) is 11.8 Å². The monoisotopic (exact) mass is 574 g/mol. The number of fused-ring (bicyclic) bond motifs is 1. The van der Waals surface area contributed by atoms with Crippen molar-refractivity contribution < 1.29 is 14.3 Å². The summed E-state index contributed by atoms with van der Waals surface area (Å²) in [7, 11) is 0. The van der Waals surface area contributed by atoms with Gasteiger partial charge in [-0.25, -0.2) is 0 Å². The number of halogens is 1. The number of rotatable bonds is 6. The lowest BCUT2D eigenvalue weighted by molar-refractivity contribution is -0.120. The Labute approximate surface area is 247 Å². The number of anilines is 2. The summed E-state index contributed by atoms with van der Waals surface area (Å²) in [4.78, 5) is 30.9. The SMILES string of the molecule is O=C1C(=Cc2c(OCc3ccccc3Cl)ccc3ccccc23)C(=O)N(c2ccccc2)C(=S)N1c1ccccc1. The highest BCUT2D eigenvalue weighted by Gasteiger charge is 2.41. The number of carbonyl (C=O) groups excluding carboxylic acids is 2. The Kier molecular flexibility index (Phi) is 7.33. The fourth-order valence-electron chi connectivity index (χ4n) is 4.80. The molecule has 5 aromatic rings. The second-order valence-electron chi connectivity index (χ2n) is 9.37. The highest BCUT2D eigenvalue weighted by atomic mass is 35.5. The van der Waals surface area contributed by atoms with Crippen LogP contribution in [0.2, 0.25) is 5.02 Å². The van der Waals surface area contributed by atoms with E-state index in [0.29, 0.717) is 27.7 Å². The van der Waals surface area contributed by atoms with Gasteiger partial charge in [0.2, 0.25) is 0 Å². The first-order chi connectivity index (χ1) is 20.0. The summed E-state index contributed by atoms with van der Waals surface area (Å²) in [5, 5.41) is 2.46. The van der Waals surface area contributed by atoms with Crippen LogP contribution >= 0.6 is 23.8 Å². The molecule has 0 saturated carbocycles. The molecule has 5 nitrogen and oxygen atoms in total. The van der Waals surface area contributed by atoms with E-state index in [1.165, 1.54) is 9.80 Å². The Bertz CT molecular complexity index is 1760. The van der Waals surface area contributed by atoms with Gasteiger partial charge in [-0.15, -0.1) is 0 Å². The average Bonchev–Trinajstić information content (AvgIpc) is 3.00. The Morgan fingerprint density at radius 2 is 1.24 bits per heavy atom. The van der Waals surface area contributed by atoms with E-state index in [2.05, 4.69) is 0 Å². The fourth-order valence-corrected chi connectivity index (χ4v) is 5.37. The number of hydrogen-bond donors (Lipinski definition) is 0. The van der Waals surface area contributed by atoms with Crippen molar-refractivity contribution in [2.24, 2.45) is 0 Å². The fraction of sp³-hybridized carbons (Fsp3) is 0.0294. The van der Waals surface area contributed by atoms with Crippen LogP contribution < -0.4 is 14.5 Å². The molecule has 0 unspecified atom stereocenters. The van der Waals surface area contributed by atoms with Crippen molar-refractivity contribution in [3.05, 3.63) is 143 Å². The maximum absolute atomic E-state index is 14.1. The van der Waals surface area contributed by atoms with Crippen molar-refractivity contribution in [2.75, 3.05) is 9.80 Å². The third-order valence-corrected chi connectivity index (χ3v) is 7.57. The standard InChI is InChI=1S/C34H23ClN2O3S/c35-30-18-10-8-12-24(30)22-40-31-20-19-23-11-7-9-17-27(23)28(31)21-29-32(38)36(25-13-3-1-4-14-25)34(41)37(33(29)39)26-15-5-2-6-16-26/h1-21H,22H2. The lowest BCUT2D eigenvalue weighted by Crippen LogP contribution is -2.56. The first kappa shape index (κ1) is 26.4. The van der Waals surface area contributed by atoms with E-state index in [-0.39, 0.29) is 17.3 Å². The van der Waals surface area contributed by atoms with E-state index in [1.54, 1.807) is 30.3 Å². The smallest absolute Gasteiger partial charge is 0.270 e. The molecule has 0 spiro atoms. The molecule has 0 bridgehead atoms. The Morgan fingerprint density at radius 3 is 1.88 bits per heavy atom. The second-order valence-corrected chi connectivity index (χ2v) is 10.1. The van der Waals surface area contributed by atoms with Gasteiger partial charge in [-0.05, 0) is 65.5 Å². The van der Waals surface area contributed by atoms with Gasteiger partial charge in [0.1, 0.15) is 17.9 Å². The Morgan fingerprint density at radius 1 is 0.683 bits per heavy atom. The zero-order valence-electron chi connectivity index (χ0n) is 21.7. The predicted molar refractivity (Wildman–Crippen MR) is 168 cm³/mol. The van der Waals surface area contributed by atoms with Gasteiger partial charge in [-0.1, -0.05) is 96.5 Å². The number of hydrogen-bond acceptors (Lipinski definition) is 4. The molecule has 200 valence electrons.